The van der Waals surface area contributed by atoms with Gasteiger partial charge in [0.1, 0.15) is 11.6 Å². The van der Waals surface area contributed by atoms with Crippen LogP contribution < -0.4 is 5.32 Å². The van der Waals surface area contributed by atoms with E-state index in [2.05, 4.69) is 5.32 Å². The summed E-state index contributed by atoms with van der Waals surface area (Å²) in [6.45, 7) is 3.68. The van der Waals surface area contributed by atoms with Gasteiger partial charge in [0.15, 0.2) is 0 Å². The highest BCUT2D eigenvalue weighted by molar-refractivity contribution is 5.31. The Kier molecular flexibility index (Phi) is 3.69. The summed E-state index contributed by atoms with van der Waals surface area (Å²) < 4.78 is 27.5. The molecule has 2 rings (SSSR count). The van der Waals surface area contributed by atoms with Crippen LogP contribution in [0.5, 0.6) is 0 Å². The van der Waals surface area contributed by atoms with Crippen molar-refractivity contribution >= 4 is 0 Å². The van der Waals surface area contributed by atoms with Gasteiger partial charge in [-0.25, -0.2) is 8.78 Å². The summed E-state index contributed by atoms with van der Waals surface area (Å²) in [6.07, 6.45) is 2.33. The van der Waals surface area contributed by atoms with Crippen LogP contribution in [0.1, 0.15) is 30.9 Å². The Balaban J connectivity index is 2.26. The molecule has 1 aromatic rings. The Bertz CT molecular complexity index is 446. The summed E-state index contributed by atoms with van der Waals surface area (Å²) in [5.74, 6) is -0.317. The predicted molar refractivity (Wildman–Crippen MR) is 66.3 cm³/mol. The van der Waals surface area contributed by atoms with Gasteiger partial charge in [0, 0.05) is 5.56 Å². The number of hydrogen-bond acceptors (Lipinski definition) is 2. The fourth-order valence-corrected chi connectivity index (χ4v) is 2.00. The maximum absolute atomic E-state index is 13.9. The first-order valence-electron chi connectivity index (χ1n) is 6.28. The fraction of sp³-hybridized carbons (Fsp3) is 0.571. The molecule has 2 nitrogen and oxygen atoms in total. The fourth-order valence-electron chi connectivity index (χ4n) is 2.00. The van der Waals surface area contributed by atoms with E-state index in [1.54, 1.807) is 6.92 Å². The highest BCUT2D eigenvalue weighted by Crippen LogP contribution is 2.31. The van der Waals surface area contributed by atoms with Crippen molar-refractivity contribution in [2.45, 2.75) is 32.2 Å². The molecule has 0 aliphatic heterocycles. The monoisotopic (exact) mass is 255 g/mol. The summed E-state index contributed by atoms with van der Waals surface area (Å²) in [4.78, 5) is 0. The van der Waals surface area contributed by atoms with E-state index in [1.165, 1.54) is 31.9 Å². The van der Waals surface area contributed by atoms with E-state index in [0.29, 0.717) is 5.92 Å². The molecule has 0 amide bonds. The molecule has 18 heavy (non-hydrogen) atoms. The van der Waals surface area contributed by atoms with E-state index in [0.717, 1.165) is 6.54 Å². The average Bonchev–Trinajstić information content (AvgIpc) is 3.15. The Labute approximate surface area is 106 Å². The summed E-state index contributed by atoms with van der Waals surface area (Å²) >= 11 is 0. The lowest BCUT2D eigenvalue weighted by Crippen LogP contribution is -2.44. The standard InChI is InChI=1S/C14H19F2NO/c1-9-5-13(16)11(6-12(9)15)14(2,8-18)17-7-10-3-4-10/h5-6,10,17-18H,3-4,7-8H2,1-2H3. The minimum absolute atomic E-state index is 0.189. The third-order valence-electron chi connectivity index (χ3n) is 3.64. The van der Waals surface area contributed by atoms with Gasteiger partial charge in [-0.15, -0.1) is 0 Å². The summed E-state index contributed by atoms with van der Waals surface area (Å²) in [6, 6.07) is 2.36. The Morgan fingerprint density at radius 3 is 2.56 bits per heavy atom. The van der Waals surface area contributed by atoms with E-state index in [-0.39, 0.29) is 17.7 Å². The molecule has 100 valence electrons. The topological polar surface area (TPSA) is 32.3 Å². The van der Waals surface area contributed by atoms with Crippen LogP contribution in [-0.2, 0) is 5.54 Å². The zero-order valence-electron chi connectivity index (χ0n) is 10.8. The molecule has 0 spiro atoms. The molecule has 4 heteroatoms. The lowest BCUT2D eigenvalue weighted by Gasteiger charge is -2.30. The Hall–Kier alpha value is -1.00. The molecule has 1 fully saturated rings. The van der Waals surface area contributed by atoms with Crippen LogP contribution in [0.15, 0.2) is 12.1 Å². The SMILES string of the molecule is Cc1cc(F)c(C(C)(CO)NCC2CC2)cc1F. The average molecular weight is 255 g/mol. The van der Waals surface area contributed by atoms with Crippen LogP contribution >= 0.6 is 0 Å². The second kappa shape index (κ2) is 4.94. The summed E-state index contributed by atoms with van der Waals surface area (Å²) in [5, 5.41) is 12.7. The van der Waals surface area contributed by atoms with Gasteiger partial charge in [-0.3, -0.25) is 0 Å². The number of benzene rings is 1. The number of aliphatic hydroxyl groups excluding tert-OH is 1. The smallest absolute Gasteiger partial charge is 0.128 e. The van der Waals surface area contributed by atoms with Gasteiger partial charge < -0.3 is 10.4 Å². The number of nitrogens with one attached hydrogen (secondary N) is 1. The maximum atomic E-state index is 13.9. The lowest BCUT2D eigenvalue weighted by molar-refractivity contribution is 0.169. The van der Waals surface area contributed by atoms with Crippen molar-refractivity contribution in [3.8, 4) is 0 Å². The highest BCUT2D eigenvalue weighted by atomic mass is 19.1. The van der Waals surface area contributed by atoms with Crippen molar-refractivity contribution in [1.82, 2.24) is 5.32 Å². The third kappa shape index (κ3) is 2.70. The molecule has 0 heterocycles. The van der Waals surface area contributed by atoms with Crippen LogP contribution in [0.25, 0.3) is 0 Å². The van der Waals surface area contributed by atoms with Gasteiger partial charge in [0.25, 0.3) is 0 Å². The van der Waals surface area contributed by atoms with Crippen molar-refractivity contribution in [3.05, 3.63) is 34.9 Å². The van der Waals surface area contributed by atoms with E-state index < -0.39 is 17.2 Å². The first-order chi connectivity index (χ1) is 8.46. The van der Waals surface area contributed by atoms with E-state index >= 15 is 0 Å². The van der Waals surface area contributed by atoms with E-state index in [9.17, 15) is 13.9 Å². The molecule has 1 aliphatic rings. The molecule has 0 aromatic heterocycles. The molecular formula is C14H19F2NO. The molecular weight excluding hydrogens is 236 g/mol. The van der Waals surface area contributed by atoms with Crippen LogP contribution in [0.2, 0.25) is 0 Å². The second-order valence-corrected chi connectivity index (χ2v) is 5.40. The minimum Gasteiger partial charge on any atom is -0.394 e. The number of hydrogen-bond donors (Lipinski definition) is 2. The molecule has 1 saturated carbocycles. The number of aliphatic hydroxyl groups is 1. The molecule has 0 bridgehead atoms. The van der Waals surface area contributed by atoms with Gasteiger partial charge >= 0.3 is 0 Å². The zero-order chi connectivity index (χ0) is 13.3. The Morgan fingerprint density at radius 1 is 1.33 bits per heavy atom. The molecule has 1 atom stereocenters. The van der Waals surface area contributed by atoms with Crippen LogP contribution in [-0.4, -0.2) is 18.3 Å². The van der Waals surface area contributed by atoms with Crippen molar-refractivity contribution in [3.63, 3.8) is 0 Å². The molecule has 0 saturated heterocycles. The van der Waals surface area contributed by atoms with Crippen LogP contribution in [0, 0.1) is 24.5 Å². The second-order valence-electron chi connectivity index (χ2n) is 5.40. The largest absolute Gasteiger partial charge is 0.394 e. The first kappa shape index (κ1) is 13.4. The summed E-state index contributed by atoms with van der Waals surface area (Å²) in [5.41, 5.74) is -0.464. The maximum Gasteiger partial charge on any atom is 0.128 e. The van der Waals surface area contributed by atoms with Crippen LogP contribution in [0.4, 0.5) is 8.78 Å². The third-order valence-corrected chi connectivity index (χ3v) is 3.64. The predicted octanol–water partition coefficient (Wildman–Crippen LogP) is 2.48. The van der Waals surface area contributed by atoms with Crippen molar-refractivity contribution in [2.24, 2.45) is 5.92 Å². The van der Waals surface area contributed by atoms with Crippen molar-refractivity contribution in [2.75, 3.05) is 13.2 Å². The number of aryl methyl sites for hydroxylation is 1. The van der Waals surface area contributed by atoms with Gasteiger partial charge in [0.05, 0.1) is 12.1 Å². The Morgan fingerprint density at radius 2 is 2.00 bits per heavy atom. The quantitative estimate of drug-likeness (QED) is 0.847. The van der Waals surface area contributed by atoms with E-state index in [1.807, 2.05) is 0 Å². The van der Waals surface area contributed by atoms with E-state index in [4.69, 9.17) is 0 Å². The van der Waals surface area contributed by atoms with Gasteiger partial charge in [-0.2, -0.15) is 0 Å². The van der Waals surface area contributed by atoms with Gasteiger partial charge in [-0.1, -0.05) is 0 Å². The van der Waals surface area contributed by atoms with Gasteiger partial charge in [0.2, 0.25) is 0 Å². The van der Waals surface area contributed by atoms with Crippen molar-refractivity contribution < 1.29 is 13.9 Å². The number of rotatable bonds is 5. The molecule has 1 aliphatic carbocycles. The summed E-state index contributed by atoms with van der Waals surface area (Å²) in [7, 11) is 0. The first-order valence-corrected chi connectivity index (χ1v) is 6.28. The molecule has 2 N–H and O–H groups in total. The van der Waals surface area contributed by atoms with Gasteiger partial charge in [-0.05, 0) is 56.8 Å². The van der Waals surface area contributed by atoms with Crippen LogP contribution in [0.3, 0.4) is 0 Å². The highest BCUT2D eigenvalue weighted by Gasteiger charge is 2.32. The number of halogens is 2. The van der Waals surface area contributed by atoms with Crippen molar-refractivity contribution in [1.29, 1.82) is 0 Å². The molecule has 1 aromatic carbocycles. The minimum atomic E-state index is -0.929. The molecule has 1 unspecified atom stereocenters. The zero-order valence-corrected chi connectivity index (χ0v) is 10.8. The lowest BCUT2D eigenvalue weighted by atomic mass is 9.91. The normalized spacial score (nSPS) is 18.7. The molecule has 0 radical (unpaired) electrons.